The molecule has 0 spiro atoms. The Morgan fingerprint density at radius 1 is 1.35 bits per heavy atom. The van der Waals surface area contributed by atoms with Crippen LogP contribution in [0.3, 0.4) is 0 Å². The Balaban J connectivity index is 1.87. The molecular weight excluding hydrogens is 286 g/mol. The SMILES string of the molecule is CNC1c2ccccc2CCCC1Sc1nc(C)ns1. The fourth-order valence-corrected chi connectivity index (χ4v) is 5.08. The molecule has 0 fully saturated rings. The van der Waals surface area contributed by atoms with E-state index in [1.807, 2.05) is 18.7 Å². The Kier molecular flexibility index (Phi) is 4.38. The maximum absolute atomic E-state index is 4.50. The molecule has 1 N–H and O–H groups in total. The first kappa shape index (κ1) is 14.0. The Labute approximate surface area is 128 Å². The molecule has 0 bridgehead atoms. The molecule has 0 saturated heterocycles. The maximum Gasteiger partial charge on any atom is 0.170 e. The highest BCUT2D eigenvalue weighted by molar-refractivity contribution is 8.01. The normalized spacial score (nSPS) is 22.3. The molecule has 0 amide bonds. The van der Waals surface area contributed by atoms with Gasteiger partial charge < -0.3 is 5.32 Å². The third-order valence-electron chi connectivity index (χ3n) is 3.77. The smallest absolute Gasteiger partial charge is 0.170 e. The van der Waals surface area contributed by atoms with Gasteiger partial charge in [-0.1, -0.05) is 36.0 Å². The predicted molar refractivity (Wildman–Crippen MR) is 85.5 cm³/mol. The van der Waals surface area contributed by atoms with Crippen molar-refractivity contribution in [1.29, 1.82) is 0 Å². The summed E-state index contributed by atoms with van der Waals surface area (Å²) in [6.45, 7) is 1.96. The molecule has 1 aliphatic carbocycles. The summed E-state index contributed by atoms with van der Waals surface area (Å²) >= 11 is 3.40. The van der Waals surface area contributed by atoms with Gasteiger partial charge in [-0.25, -0.2) is 4.98 Å². The van der Waals surface area contributed by atoms with E-state index in [1.165, 1.54) is 41.9 Å². The van der Waals surface area contributed by atoms with Crippen molar-refractivity contribution in [2.24, 2.45) is 0 Å². The molecular formula is C15H19N3S2. The van der Waals surface area contributed by atoms with Gasteiger partial charge in [-0.05, 0) is 55.9 Å². The van der Waals surface area contributed by atoms with Crippen LogP contribution in [-0.4, -0.2) is 21.7 Å². The van der Waals surface area contributed by atoms with Crippen LogP contribution < -0.4 is 5.32 Å². The molecule has 2 unspecified atom stereocenters. The van der Waals surface area contributed by atoms with Crippen LogP contribution in [-0.2, 0) is 6.42 Å². The number of benzene rings is 1. The van der Waals surface area contributed by atoms with Crippen molar-refractivity contribution in [2.45, 2.75) is 41.8 Å². The van der Waals surface area contributed by atoms with Crippen molar-refractivity contribution >= 4 is 23.3 Å². The number of hydrogen-bond acceptors (Lipinski definition) is 5. The van der Waals surface area contributed by atoms with Crippen LogP contribution in [0.2, 0.25) is 0 Å². The predicted octanol–water partition coefficient (Wildman–Crippen LogP) is 3.60. The summed E-state index contributed by atoms with van der Waals surface area (Å²) in [4.78, 5) is 4.50. The van der Waals surface area contributed by atoms with Gasteiger partial charge in [-0.2, -0.15) is 4.37 Å². The summed E-state index contributed by atoms with van der Waals surface area (Å²) < 4.78 is 5.38. The molecule has 1 aromatic heterocycles. The van der Waals surface area contributed by atoms with Gasteiger partial charge in [0.15, 0.2) is 4.34 Å². The van der Waals surface area contributed by atoms with Gasteiger partial charge in [0.25, 0.3) is 0 Å². The van der Waals surface area contributed by atoms with Gasteiger partial charge in [0, 0.05) is 11.3 Å². The average Bonchev–Trinajstić information content (AvgIpc) is 2.78. The third kappa shape index (κ3) is 2.90. The van der Waals surface area contributed by atoms with Crippen LogP contribution in [0.1, 0.15) is 35.8 Å². The minimum atomic E-state index is 0.392. The van der Waals surface area contributed by atoms with E-state index in [1.54, 1.807) is 0 Å². The Morgan fingerprint density at radius 2 is 2.20 bits per heavy atom. The van der Waals surface area contributed by atoms with Crippen LogP contribution >= 0.6 is 23.3 Å². The third-order valence-corrected chi connectivity index (χ3v) is 5.99. The van der Waals surface area contributed by atoms with E-state index < -0.39 is 0 Å². The second kappa shape index (κ2) is 6.24. The van der Waals surface area contributed by atoms with Gasteiger partial charge in [0.2, 0.25) is 0 Å². The van der Waals surface area contributed by atoms with Gasteiger partial charge >= 0.3 is 0 Å². The molecule has 1 aromatic carbocycles. The van der Waals surface area contributed by atoms with E-state index in [-0.39, 0.29) is 0 Å². The lowest BCUT2D eigenvalue weighted by atomic mass is 9.99. The first-order valence-corrected chi connectivity index (χ1v) is 8.65. The monoisotopic (exact) mass is 305 g/mol. The number of nitrogens with zero attached hydrogens (tertiary/aromatic N) is 2. The summed E-state index contributed by atoms with van der Waals surface area (Å²) in [5.74, 6) is 0.882. The minimum absolute atomic E-state index is 0.392. The standard InChI is InChI=1S/C15H19N3S2/c1-10-17-15(20-18-10)19-13-9-5-7-11-6-3-4-8-12(11)14(13)16-2/h3-4,6,8,13-14,16H,5,7,9H2,1-2H3. The molecule has 0 radical (unpaired) electrons. The van der Waals surface area contributed by atoms with Crippen LogP contribution in [0.25, 0.3) is 0 Å². The van der Waals surface area contributed by atoms with Crippen molar-refractivity contribution < 1.29 is 0 Å². The molecule has 2 aromatic rings. The summed E-state index contributed by atoms with van der Waals surface area (Å²) in [5.41, 5.74) is 2.94. The quantitative estimate of drug-likeness (QED) is 0.879. The highest BCUT2D eigenvalue weighted by Crippen LogP contribution is 2.39. The van der Waals surface area contributed by atoms with E-state index >= 15 is 0 Å². The topological polar surface area (TPSA) is 37.8 Å². The number of thioether (sulfide) groups is 1. The Morgan fingerprint density at radius 3 is 2.95 bits per heavy atom. The molecule has 5 heteroatoms. The molecule has 106 valence electrons. The van der Waals surface area contributed by atoms with Gasteiger partial charge in [-0.3, -0.25) is 0 Å². The Bertz CT molecular complexity index is 582. The van der Waals surface area contributed by atoms with Crippen molar-refractivity contribution in [3.8, 4) is 0 Å². The largest absolute Gasteiger partial charge is 0.312 e. The second-order valence-electron chi connectivity index (χ2n) is 5.12. The maximum atomic E-state index is 4.50. The summed E-state index contributed by atoms with van der Waals surface area (Å²) in [7, 11) is 2.06. The van der Waals surface area contributed by atoms with Crippen molar-refractivity contribution in [3.63, 3.8) is 0 Å². The highest BCUT2D eigenvalue weighted by atomic mass is 32.2. The zero-order valence-electron chi connectivity index (χ0n) is 11.8. The lowest BCUT2D eigenvalue weighted by Gasteiger charge is -2.25. The molecule has 3 rings (SSSR count). The van der Waals surface area contributed by atoms with E-state index in [2.05, 4.69) is 46.0 Å². The molecule has 2 atom stereocenters. The van der Waals surface area contributed by atoms with Gasteiger partial charge in [-0.15, -0.1) is 0 Å². The molecule has 3 nitrogen and oxygen atoms in total. The number of fused-ring (bicyclic) bond motifs is 1. The van der Waals surface area contributed by atoms with Crippen molar-refractivity contribution in [3.05, 3.63) is 41.2 Å². The van der Waals surface area contributed by atoms with E-state index in [9.17, 15) is 0 Å². The average molecular weight is 305 g/mol. The van der Waals surface area contributed by atoms with E-state index in [0.29, 0.717) is 11.3 Å². The fourth-order valence-electron chi connectivity index (χ4n) is 2.85. The number of nitrogens with one attached hydrogen (secondary N) is 1. The number of aromatic nitrogens is 2. The number of aryl methyl sites for hydroxylation is 2. The summed E-state index contributed by atoms with van der Waals surface area (Å²) in [6, 6.07) is 9.21. The minimum Gasteiger partial charge on any atom is -0.312 e. The lowest BCUT2D eigenvalue weighted by Crippen LogP contribution is -2.26. The molecule has 1 heterocycles. The molecule has 1 aliphatic rings. The van der Waals surface area contributed by atoms with Crippen LogP contribution in [0, 0.1) is 6.92 Å². The van der Waals surface area contributed by atoms with Gasteiger partial charge in [0.05, 0.1) is 0 Å². The highest BCUT2D eigenvalue weighted by Gasteiger charge is 2.28. The number of hydrogen-bond donors (Lipinski definition) is 1. The first-order valence-electron chi connectivity index (χ1n) is 7.00. The zero-order chi connectivity index (χ0) is 13.9. The van der Waals surface area contributed by atoms with E-state index in [0.717, 1.165) is 10.2 Å². The van der Waals surface area contributed by atoms with Crippen molar-refractivity contribution in [1.82, 2.24) is 14.7 Å². The first-order chi connectivity index (χ1) is 9.78. The van der Waals surface area contributed by atoms with Crippen LogP contribution in [0.4, 0.5) is 0 Å². The molecule has 0 saturated carbocycles. The van der Waals surface area contributed by atoms with Gasteiger partial charge in [0.1, 0.15) is 5.82 Å². The van der Waals surface area contributed by atoms with Crippen LogP contribution in [0.5, 0.6) is 0 Å². The van der Waals surface area contributed by atoms with E-state index in [4.69, 9.17) is 0 Å². The zero-order valence-corrected chi connectivity index (χ0v) is 13.4. The lowest BCUT2D eigenvalue weighted by molar-refractivity contribution is 0.548. The summed E-state index contributed by atoms with van der Waals surface area (Å²) in [6.07, 6.45) is 3.63. The van der Waals surface area contributed by atoms with Crippen molar-refractivity contribution in [2.75, 3.05) is 7.05 Å². The Hall–Kier alpha value is -0.910. The summed E-state index contributed by atoms with van der Waals surface area (Å²) in [5, 5.41) is 4.04. The van der Waals surface area contributed by atoms with Crippen LogP contribution in [0.15, 0.2) is 28.6 Å². The molecule has 20 heavy (non-hydrogen) atoms. The second-order valence-corrected chi connectivity index (χ2v) is 7.36. The number of rotatable bonds is 3. The molecule has 0 aliphatic heterocycles. The fraction of sp³-hybridized carbons (Fsp3) is 0.467.